The highest BCUT2D eigenvalue weighted by atomic mass is 16.5. The maximum Gasteiger partial charge on any atom is 0.240 e. The molecular weight excluding hydrogens is 266 g/mol. The van der Waals surface area contributed by atoms with Gasteiger partial charge in [0.2, 0.25) is 5.89 Å². The van der Waals surface area contributed by atoms with Gasteiger partial charge in [-0.1, -0.05) is 35.5 Å². The van der Waals surface area contributed by atoms with E-state index in [0.717, 1.165) is 25.2 Å². The molecular formula is C16H21N3O2. The van der Waals surface area contributed by atoms with E-state index in [1.54, 1.807) is 0 Å². The maximum absolute atomic E-state index is 9.31. The Hall–Kier alpha value is -1.72. The summed E-state index contributed by atoms with van der Waals surface area (Å²) in [4.78, 5) is 6.62. The van der Waals surface area contributed by atoms with Gasteiger partial charge in [-0.2, -0.15) is 4.98 Å². The predicted molar refractivity (Wildman–Crippen MR) is 78.6 cm³/mol. The van der Waals surface area contributed by atoms with Gasteiger partial charge < -0.3 is 9.63 Å². The van der Waals surface area contributed by atoms with Crippen molar-refractivity contribution < 1.29 is 9.63 Å². The van der Waals surface area contributed by atoms with Crippen molar-refractivity contribution in [3.05, 3.63) is 47.6 Å². The fraction of sp³-hybridized carbons (Fsp3) is 0.500. The summed E-state index contributed by atoms with van der Waals surface area (Å²) < 4.78 is 5.31. The summed E-state index contributed by atoms with van der Waals surface area (Å²) in [6, 6.07) is 10.1. The molecule has 3 rings (SSSR count). The molecule has 0 radical (unpaired) electrons. The molecule has 0 bridgehead atoms. The molecule has 1 fully saturated rings. The summed E-state index contributed by atoms with van der Waals surface area (Å²) in [6.45, 7) is 1.63. The largest absolute Gasteiger partial charge is 0.393 e. The first-order chi connectivity index (χ1) is 10.2. The zero-order valence-electron chi connectivity index (χ0n) is 12.3. The minimum absolute atomic E-state index is 0.0933. The van der Waals surface area contributed by atoms with Crippen LogP contribution in [0.2, 0.25) is 0 Å². The summed E-state index contributed by atoms with van der Waals surface area (Å²) >= 11 is 0. The third kappa shape index (κ3) is 3.89. The van der Waals surface area contributed by atoms with Crippen molar-refractivity contribution in [3.63, 3.8) is 0 Å². The number of hydrogen-bond acceptors (Lipinski definition) is 5. The molecule has 1 aliphatic rings. The van der Waals surface area contributed by atoms with Crippen LogP contribution in [0.15, 0.2) is 34.9 Å². The van der Waals surface area contributed by atoms with Crippen LogP contribution in [-0.4, -0.2) is 39.8 Å². The SMILES string of the molecule is CN(Cc1nc(Cc2ccccc2)no1)CC1CC(O)C1. The first-order valence-corrected chi connectivity index (χ1v) is 7.41. The number of aliphatic hydroxyl groups is 1. The number of benzene rings is 1. The van der Waals surface area contributed by atoms with Gasteiger partial charge in [-0.15, -0.1) is 0 Å². The Labute approximate surface area is 124 Å². The summed E-state index contributed by atoms with van der Waals surface area (Å²) in [5, 5.41) is 13.3. The molecule has 0 spiro atoms. The highest BCUT2D eigenvalue weighted by Gasteiger charge is 2.28. The molecule has 112 valence electrons. The van der Waals surface area contributed by atoms with Gasteiger partial charge in [0, 0.05) is 13.0 Å². The lowest BCUT2D eigenvalue weighted by molar-refractivity contribution is 0.0261. The van der Waals surface area contributed by atoms with Gasteiger partial charge >= 0.3 is 0 Å². The van der Waals surface area contributed by atoms with Gasteiger partial charge in [0.15, 0.2) is 5.82 Å². The topological polar surface area (TPSA) is 62.4 Å². The Balaban J connectivity index is 1.50. The third-order valence-electron chi connectivity index (χ3n) is 3.90. The van der Waals surface area contributed by atoms with Gasteiger partial charge in [-0.25, -0.2) is 0 Å². The third-order valence-corrected chi connectivity index (χ3v) is 3.90. The number of nitrogens with zero attached hydrogens (tertiary/aromatic N) is 3. The fourth-order valence-corrected chi connectivity index (χ4v) is 2.79. The Morgan fingerprint density at radius 1 is 1.29 bits per heavy atom. The van der Waals surface area contributed by atoms with E-state index in [1.807, 2.05) is 25.2 Å². The van der Waals surface area contributed by atoms with E-state index in [0.29, 0.717) is 24.8 Å². The lowest BCUT2D eigenvalue weighted by Crippen LogP contribution is -2.36. The average Bonchev–Trinajstić information content (AvgIpc) is 2.85. The van der Waals surface area contributed by atoms with Crippen LogP contribution in [0, 0.1) is 5.92 Å². The van der Waals surface area contributed by atoms with Gasteiger partial charge in [0.1, 0.15) is 0 Å². The van der Waals surface area contributed by atoms with E-state index in [-0.39, 0.29) is 6.10 Å². The molecule has 1 aliphatic carbocycles. The summed E-state index contributed by atoms with van der Waals surface area (Å²) in [7, 11) is 2.05. The van der Waals surface area contributed by atoms with Gasteiger partial charge in [0.25, 0.3) is 0 Å². The van der Waals surface area contributed by atoms with E-state index in [2.05, 4.69) is 27.2 Å². The minimum Gasteiger partial charge on any atom is -0.393 e. The standard InChI is InChI=1S/C16H21N3O2/c1-19(10-13-7-14(20)8-13)11-16-17-15(18-21-16)9-12-5-3-2-4-6-12/h2-6,13-14,20H,7-11H2,1H3. The van der Waals surface area contributed by atoms with Crippen molar-refractivity contribution in [2.75, 3.05) is 13.6 Å². The molecule has 0 amide bonds. The summed E-state index contributed by atoms with van der Waals surface area (Å²) in [5.41, 5.74) is 1.18. The average molecular weight is 287 g/mol. The molecule has 5 heteroatoms. The number of rotatable bonds is 6. The molecule has 2 aromatic rings. The summed E-state index contributed by atoms with van der Waals surface area (Å²) in [6.07, 6.45) is 2.42. The smallest absolute Gasteiger partial charge is 0.240 e. The van der Waals surface area contributed by atoms with Crippen molar-refractivity contribution >= 4 is 0 Å². The Morgan fingerprint density at radius 3 is 2.76 bits per heavy atom. The molecule has 1 heterocycles. The molecule has 1 aromatic carbocycles. The van der Waals surface area contributed by atoms with Crippen LogP contribution in [0.5, 0.6) is 0 Å². The number of aromatic nitrogens is 2. The first-order valence-electron chi connectivity index (χ1n) is 7.41. The van der Waals surface area contributed by atoms with E-state index >= 15 is 0 Å². The fourth-order valence-electron chi connectivity index (χ4n) is 2.79. The highest BCUT2D eigenvalue weighted by molar-refractivity contribution is 5.18. The lowest BCUT2D eigenvalue weighted by Gasteiger charge is -2.34. The van der Waals surface area contributed by atoms with Gasteiger partial charge in [0.05, 0.1) is 12.6 Å². The lowest BCUT2D eigenvalue weighted by atomic mass is 9.82. The normalized spacial score (nSPS) is 21.5. The van der Waals surface area contributed by atoms with Crippen LogP contribution in [0.4, 0.5) is 0 Å². The van der Waals surface area contributed by atoms with Crippen LogP contribution < -0.4 is 0 Å². The number of aliphatic hydroxyl groups excluding tert-OH is 1. The molecule has 1 aromatic heterocycles. The molecule has 0 aliphatic heterocycles. The zero-order valence-corrected chi connectivity index (χ0v) is 12.3. The van der Waals surface area contributed by atoms with Gasteiger partial charge in [-0.3, -0.25) is 4.90 Å². The second-order valence-electron chi connectivity index (χ2n) is 5.95. The molecule has 1 N–H and O–H groups in total. The Bertz CT molecular complexity index is 564. The van der Waals surface area contributed by atoms with Crippen molar-refractivity contribution in [3.8, 4) is 0 Å². The van der Waals surface area contributed by atoms with Crippen molar-refractivity contribution in [1.29, 1.82) is 0 Å². The van der Waals surface area contributed by atoms with E-state index in [4.69, 9.17) is 4.52 Å². The van der Waals surface area contributed by atoms with E-state index < -0.39 is 0 Å². The first kappa shape index (κ1) is 14.2. The Morgan fingerprint density at radius 2 is 2.05 bits per heavy atom. The number of hydrogen-bond donors (Lipinski definition) is 1. The van der Waals surface area contributed by atoms with Crippen molar-refractivity contribution in [2.24, 2.45) is 5.92 Å². The molecule has 5 nitrogen and oxygen atoms in total. The molecule has 0 atom stereocenters. The zero-order chi connectivity index (χ0) is 14.7. The molecule has 0 unspecified atom stereocenters. The molecule has 0 saturated heterocycles. The van der Waals surface area contributed by atoms with Gasteiger partial charge in [-0.05, 0) is 31.4 Å². The molecule has 1 saturated carbocycles. The summed E-state index contributed by atoms with van der Waals surface area (Å²) in [5.74, 6) is 1.98. The Kier molecular flexibility index (Phi) is 4.31. The van der Waals surface area contributed by atoms with Crippen LogP contribution in [0.25, 0.3) is 0 Å². The van der Waals surface area contributed by atoms with Crippen LogP contribution >= 0.6 is 0 Å². The van der Waals surface area contributed by atoms with Crippen molar-refractivity contribution in [2.45, 2.75) is 31.9 Å². The van der Waals surface area contributed by atoms with Crippen LogP contribution in [-0.2, 0) is 13.0 Å². The molecule has 21 heavy (non-hydrogen) atoms. The van der Waals surface area contributed by atoms with E-state index in [1.165, 1.54) is 5.56 Å². The van der Waals surface area contributed by atoms with E-state index in [9.17, 15) is 5.11 Å². The second-order valence-corrected chi connectivity index (χ2v) is 5.95. The van der Waals surface area contributed by atoms with Crippen molar-refractivity contribution in [1.82, 2.24) is 15.0 Å². The quantitative estimate of drug-likeness (QED) is 0.878. The predicted octanol–water partition coefficient (Wildman–Crippen LogP) is 1.86. The minimum atomic E-state index is -0.0933. The van der Waals surface area contributed by atoms with Crippen LogP contribution in [0.3, 0.4) is 0 Å². The maximum atomic E-state index is 9.31. The highest BCUT2D eigenvalue weighted by Crippen LogP contribution is 2.27. The second kappa shape index (κ2) is 6.37. The monoisotopic (exact) mass is 287 g/mol. The van der Waals surface area contributed by atoms with Crippen LogP contribution in [0.1, 0.15) is 30.1 Å².